The Morgan fingerprint density at radius 2 is 1.15 bits per heavy atom. The summed E-state index contributed by atoms with van der Waals surface area (Å²) >= 11 is 0. The van der Waals surface area contributed by atoms with E-state index in [0.717, 1.165) is 38.5 Å². The monoisotopic (exact) mass is 676 g/mol. The number of hydrogen-bond acceptors (Lipinski definition) is 5. The van der Waals surface area contributed by atoms with Crippen molar-refractivity contribution in [1.29, 1.82) is 0 Å². The molecule has 3 N–H and O–H groups in total. The van der Waals surface area contributed by atoms with Gasteiger partial charge in [0.05, 0.1) is 39.9 Å². The van der Waals surface area contributed by atoms with Crippen molar-refractivity contribution in [3.63, 3.8) is 0 Å². The van der Waals surface area contributed by atoms with Crippen molar-refractivity contribution in [2.24, 2.45) is 0 Å². The fourth-order valence-corrected chi connectivity index (χ4v) is 6.13. The molecule has 0 radical (unpaired) electrons. The van der Waals surface area contributed by atoms with E-state index in [4.69, 9.17) is 9.05 Å². The third-order valence-electron chi connectivity index (χ3n) is 8.51. The molecule has 0 aliphatic heterocycles. The van der Waals surface area contributed by atoms with Crippen LogP contribution in [0.5, 0.6) is 0 Å². The maximum absolute atomic E-state index is 12.8. The highest BCUT2D eigenvalue weighted by Crippen LogP contribution is 2.43. The summed E-state index contributed by atoms with van der Waals surface area (Å²) in [4.78, 5) is 22.9. The molecule has 0 aromatic carbocycles. The molecule has 0 aliphatic carbocycles. The minimum atomic E-state index is -4.32. The van der Waals surface area contributed by atoms with Gasteiger partial charge in [-0.05, 0) is 19.3 Å². The van der Waals surface area contributed by atoms with E-state index < -0.39 is 20.0 Å². The molecule has 1 amide bonds. The van der Waals surface area contributed by atoms with E-state index in [1.165, 1.54) is 109 Å². The fourth-order valence-electron chi connectivity index (χ4n) is 5.39. The molecule has 0 aromatic rings. The number of carbonyl (C=O) groups is 1. The Bertz CT molecular complexity index is 773. The first-order valence-corrected chi connectivity index (χ1v) is 20.6. The molecule has 0 saturated heterocycles. The van der Waals surface area contributed by atoms with E-state index in [1.54, 1.807) is 6.08 Å². The normalized spacial score (nSPS) is 14.8. The lowest BCUT2D eigenvalue weighted by molar-refractivity contribution is -0.870. The van der Waals surface area contributed by atoms with Crippen LogP contribution in [0.3, 0.4) is 0 Å². The SMILES string of the molecule is CCCCCCCCCCCC/C=C/C(O)C(COP(=O)(O)OCC[N+](C)(C)C)NC(=O)CCCCCCCCCCCCCC. The van der Waals surface area contributed by atoms with Crippen LogP contribution >= 0.6 is 7.82 Å². The summed E-state index contributed by atoms with van der Waals surface area (Å²) in [6.07, 6.45) is 31.2. The average molecular weight is 676 g/mol. The lowest BCUT2D eigenvalue weighted by Crippen LogP contribution is -2.45. The number of likely N-dealkylation sites (N-methyl/N-ethyl adjacent to an activating group) is 1. The van der Waals surface area contributed by atoms with Gasteiger partial charge >= 0.3 is 7.82 Å². The van der Waals surface area contributed by atoms with Gasteiger partial charge in [-0.25, -0.2) is 4.57 Å². The molecular formula is C37H76N2O6P+. The van der Waals surface area contributed by atoms with Crippen LogP contribution in [0, 0.1) is 0 Å². The molecule has 0 aliphatic rings. The highest BCUT2D eigenvalue weighted by molar-refractivity contribution is 7.47. The van der Waals surface area contributed by atoms with Gasteiger partial charge in [-0.15, -0.1) is 0 Å². The molecule has 0 fully saturated rings. The molecule has 46 heavy (non-hydrogen) atoms. The topological polar surface area (TPSA) is 105 Å². The maximum atomic E-state index is 12.8. The molecule has 0 heterocycles. The third kappa shape index (κ3) is 31.8. The Kier molecular flexibility index (Phi) is 29.8. The molecule has 0 rings (SSSR count). The van der Waals surface area contributed by atoms with Gasteiger partial charge in [0.15, 0.2) is 0 Å². The van der Waals surface area contributed by atoms with Crippen molar-refractivity contribution in [3.8, 4) is 0 Å². The molecule has 9 heteroatoms. The number of nitrogens with one attached hydrogen (secondary N) is 1. The average Bonchev–Trinajstić information content (AvgIpc) is 2.99. The summed E-state index contributed by atoms with van der Waals surface area (Å²) in [6, 6.07) is -0.837. The van der Waals surface area contributed by atoms with E-state index in [2.05, 4.69) is 19.2 Å². The lowest BCUT2D eigenvalue weighted by Gasteiger charge is -2.25. The zero-order chi connectivity index (χ0) is 34.4. The van der Waals surface area contributed by atoms with Crippen LogP contribution in [0.25, 0.3) is 0 Å². The van der Waals surface area contributed by atoms with Gasteiger partial charge in [0.2, 0.25) is 5.91 Å². The predicted octanol–water partition coefficient (Wildman–Crippen LogP) is 9.63. The Morgan fingerprint density at radius 1 is 0.717 bits per heavy atom. The minimum Gasteiger partial charge on any atom is -0.387 e. The molecule has 0 bridgehead atoms. The smallest absolute Gasteiger partial charge is 0.387 e. The predicted molar refractivity (Wildman–Crippen MR) is 194 cm³/mol. The van der Waals surface area contributed by atoms with Gasteiger partial charge in [-0.3, -0.25) is 13.8 Å². The number of hydrogen-bond donors (Lipinski definition) is 3. The van der Waals surface area contributed by atoms with Crippen molar-refractivity contribution in [1.82, 2.24) is 5.32 Å². The van der Waals surface area contributed by atoms with Gasteiger partial charge in [0, 0.05) is 6.42 Å². The van der Waals surface area contributed by atoms with E-state index >= 15 is 0 Å². The Hall–Kier alpha value is -0.760. The van der Waals surface area contributed by atoms with E-state index in [1.807, 2.05) is 27.2 Å². The van der Waals surface area contributed by atoms with Gasteiger partial charge in [-0.1, -0.05) is 154 Å². The Morgan fingerprint density at radius 3 is 1.61 bits per heavy atom. The van der Waals surface area contributed by atoms with E-state index in [9.17, 15) is 19.4 Å². The number of amides is 1. The molecule has 8 nitrogen and oxygen atoms in total. The first-order valence-electron chi connectivity index (χ1n) is 19.1. The van der Waals surface area contributed by atoms with Crippen molar-refractivity contribution in [2.75, 3.05) is 40.9 Å². The van der Waals surface area contributed by atoms with Gasteiger partial charge in [-0.2, -0.15) is 0 Å². The standard InChI is InChI=1S/C37H75N2O6P/c1-6-8-10-12-14-16-18-20-22-24-26-28-30-36(40)35(34-45-46(42,43)44-33-32-39(3,4)5)38-37(41)31-29-27-25-23-21-19-17-15-13-11-9-7-2/h28,30,35-36,40H,6-27,29,31-34H2,1-5H3,(H-,38,41,42,43)/p+1/b30-28+. The van der Waals surface area contributed by atoms with Crippen molar-refractivity contribution in [3.05, 3.63) is 12.2 Å². The summed E-state index contributed by atoms with van der Waals surface area (Å²) in [5.41, 5.74) is 0. The van der Waals surface area contributed by atoms with Crippen LogP contribution in [0.2, 0.25) is 0 Å². The van der Waals surface area contributed by atoms with Crippen LogP contribution in [0.4, 0.5) is 0 Å². The largest absolute Gasteiger partial charge is 0.472 e. The minimum absolute atomic E-state index is 0.0641. The summed E-state index contributed by atoms with van der Waals surface area (Å²) in [7, 11) is 1.58. The van der Waals surface area contributed by atoms with E-state index in [-0.39, 0.29) is 19.1 Å². The summed E-state index contributed by atoms with van der Waals surface area (Å²) in [5, 5.41) is 13.7. The zero-order valence-electron chi connectivity index (χ0n) is 30.8. The quantitative estimate of drug-likeness (QED) is 0.0272. The summed E-state index contributed by atoms with van der Waals surface area (Å²) in [6.45, 7) is 4.79. The Balaban J connectivity index is 4.54. The second-order valence-corrected chi connectivity index (χ2v) is 15.8. The van der Waals surface area contributed by atoms with Crippen molar-refractivity contribution < 1.29 is 32.9 Å². The van der Waals surface area contributed by atoms with Crippen LogP contribution < -0.4 is 5.32 Å². The van der Waals surface area contributed by atoms with Gasteiger partial charge in [0.25, 0.3) is 0 Å². The van der Waals surface area contributed by atoms with Crippen molar-refractivity contribution in [2.45, 2.75) is 180 Å². The van der Waals surface area contributed by atoms with Crippen LogP contribution in [-0.4, -0.2) is 73.4 Å². The maximum Gasteiger partial charge on any atom is 0.472 e. The van der Waals surface area contributed by atoms with Crippen LogP contribution in [0.1, 0.15) is 168 Å². The molecule has 274 valence electrons. The first kappa shape index (κ1) is 45.2. The number of phosphoric acid groups is 1. The fraction of sp³-hybridized carbons (Fsp3) is 0.919. The number of aliphatic hydroxyl groups is 1. The summed E-state index contributed by atoms with van der Waals surface area (Å²) in [5.74, 6) is -0.179. The lowest BCUT2D eigenvalue weighted by atomic mass is 10.0. The van der Waals surface area contributed by atoms with Gasteiger partial charge in [0.1, 0.15) is 13.2 Å². The Labute approximate surface area is 284 Å². The number of quaternary nitrogens is 1. The number of allylic oxidation sites excluding steroid dienone is 1. The van der Waals surface area contributed by atoms with Crippen molar-refractivity contribution >= 4 is 13.7 Å². The van der Waals surface area contributed by atoms with Gasteiger partial charge < -0.3 is 19.8 Å². The molecule has 3 atom stereocenters. The molecule has 0 saturated carbocycles. The third-order valence-corrected chi connectivity index (χ3v) is 9.49. The summed E-state index contributed by atoms with van der Waals surface area (Å²) < 4.78 is 23.4. The number of nitrogens with zero attached hydrogens (tertiary/aromatic N) is 1. The second-order valence-electron chi connectivity index (χ2n) is 14.3. The van der Waals surface area contributed by atoms with E-state index in [0.29, 0.717) is 17.4 Å². The number of phosphoric ester groups is 1. The highest BCUT2D eigenvalue weighted by Gasteiger charge is 2.27. The number of carbonyl (C=O) groups excluding carboxylic acids is 1. The number of aliphatic hydroxyl groups excluding tert-OH is 1. The van der Waals surface area contributed by atoms with Crippen LogP contribution in [0.15, 0.2) is 12.2 Å². The van der Waals surface area contributed by atoms with Crippen LogP contribution in [-0.2, 0) is 18.4 Å². The molecular weight excluding hydrogens is 599 g/mol. The molecule has 3 unspecified atom stereocenters. The zero-order valence-corrected chi connectivity index (χ0v) is 31.7. The number of rotatable bonds is 34. The number of unbranched alkanes of at least 4 members (excludes halogenated alkanes) is 21. The highest BCUT2D eigenvalue weighted by atomic mass is 31.2. The first-order chi connectivity index (χ1) is 22.0. The second kappa shape index (κ2) is 30.3. The molecule has 0 aromatic heterocycles. The molecule has 0 spiro atoms.